The third-order valence-corrected chi connectivity index (χ3v) is 2.40. The molecule has 2 N–H and O–H groups in total. The van der Waals surface area contributed by atoms with Crippen LogP contribution in [0.1, 0.15) is 18.8 Å². The van der Waals surface area contributed by atoms with Gasteiger partial charge in [0, 0.05) is 24.8 Å². The number of carbonyl (C=O) groups is 1. The first-order chi connectivity index (χ1) is 8.66. The van der Waals surface area contributed by atoms with Crippen molar-refractivity contribution in [1.29, 1.82) is 0 Å². The Balaban J connectivity index is 1.97. The first-order valence-electron chi connectivity index (χ1n) is 5.47. The first-order valence-corrected chi connectivity index (χ1v) is 5.47. The molecule has 0 bridgehead atoms. The maximum absolute atomic E-state index is 11.7. The summed E-state index contributed by atoms with van der Waals surface area (Å²) in [5.74, 6) is 0.399. The van der Waals surface area contributed by atoms with Crippen LogP contribution in [0, 0.1) is 0 Å². The first kappa shape index (κ1) is 12.0. The zero-order valence-corrected chi connectivity index (χ0v) is 9.83. The molecule has 0 saturated carbocycles. The number of amides is 1. The second-order valence-electron chi connectivity index (χ2n) is 3.79. The fourth-order valence-electron chi connectivity index (χ4n) is 1.53. The summed E-state index contributed by atoms with van der Waals surface area (Å²) >= 11 is 0. The van der Waals surface area contributed by atoms with Crippen LogP contribution in [0.3, 0.4) is 0 Å². The van der Waals surface area contributed by atoms with Crippen LogP contribution in [-0.4, -0.2) is 25.4 Å². The number of imidazole rings is 1. The minimum Gasteiger partial charge on any atom is -0.347 e. The Labute approximate surface area is 103 Å². The highest BCUT2D eigenvalue weighted by Crippen LogP contribution is 2.04. The van der Waals surface area contributed by atoms with Crippen LogP contribution in [0.4, 0.5) is 0 Å². The Hall–Kier alpha value is -2.44. The molecule has 0 spiro atoms. The summed E-state index contributed by atoms with van der Waals surface area (Å²) in [7, 11) is 0. The van der Waals surface area contributed by atoms with Gasteiger partial charge in [0.15, 0.2) is 0 Å². The highest BCUT2D eigenvalue weighted by molar-refractivity contribution is 5.76. The predicted octanol–water partition coefficient (Wildman–Crippen LogP) is -0.156. The summed E-state index contributed by atoms with van der Waals surface area (Å²) in [6, 6.07) is 1.37. The van der Waals surface area contributed by atoms with E-state index < -0.39 is 5.69 Å². The van der Waals surface area contributed by atoms with Gasteiger partial charge in [0.2, 0.25) is 5.91 Å². The number of hydrogen-bond donors (Lipinski definition) is 2. The lowest BCUT2D eigenvalue weighted by atomic mass is 10.3. The van der Waals surface area contributed by atoms with E-state index in [-0.39, 0.29) is 18.5 Å². The molecule has 2 aromatic rings. The van der Waals surface area contributed by atoms with Crippen molar-refractivity contribution in [3.8, 4) is 0 Å². The Bertz CT molecular complexity index is 575. The fourth-order valence-corrected chi connectivity index (χ4v) is 1.53. The average Bonchev–Trinajstić information content (AvgIpc) is 2.85. The summed E-state index contributed by atoms with van der Waals surface area (Å²) in [4.78, 5) is 33.6. The third-order valence-electron chi connectivity index (χ3n) is 2.40. The molecule has 94 valence electrons. The minimum absolute atomic E-state index is 0.0578. The lowest BCUT2D eigenvalue weighted by Crippen LogP contribution is -2.34. The SMILES string of the molecule is CC(NC(=O)Cn1cccnc1=O)c1ncc[nH]1. The normalized spacial score (nSPS) is 12.1. The van der Waals surface area contributed by atoms with Crippen molar-refractivity contribution in [2.45, 2.75) is 19.5 Å². The van der Waals surface area contributed by atoms with E-state index in [0.29, 0.717) is 5.82 Å². The van der Waals surface area contributed by atoms with Gasteiger partial charge in [-0.1, -0.05) is 0 Å². The molecule has 7 nitrogen and oxygen atoms in total. The number of hydrogen-bond acceptors (Lipinski definition) is 4. The summed E-state index contributed by atoms with van der Waals surface area (Å²) in [6.45, 7) is 1.75. The van der Waals surface area contributed by atoms with Crippen molar-refractivity contribution in [3.05, 3.63) is 47.2 Å². The zero-order valence-electron chi connectivity index (χ0n) is 9.83. The molecule has 1 amide bonds. The molecule has 7 heteroatoms. The molecule has 0 aromatic carbocycles. The van der Waals surface area contributed by atoms with Crippen LogP contribution in [0.15, 0.2) is 35.6 Å². The number of nitrogens with zero attached hydrogens (tertiary/aromatic N) is 3. The van der Waals surface area contributed by atoms with Gasteiger partial charge in [-0.15, -0.1) is 0 Å². The largest absolute Gasteiger partial charge is 0.347 e. The lowest BCUT2D eigenvalue weighted by Gasteiger charge is -2.11. The maximum atomic E-state index is 11.7. The van der Waals surface area contributed by atoms with Crippen molar-refractivity contribution in [3.63, 3.8) is 0 Å². The smallest absolute Gasteiger partial charge is 0.347 e. The number of nitrogens with one attached hydrogen (secondary N) is 2. The quantitative estimate of drug-likeness (QED) is 0.785. The third kappa shape index (κ3) is 2.82. The van der Waals surface area contributed by atoms with Gasteiger partial charge < -0.3 is 10.3 Å². The van der Waals surface area contributed by atoms with Crippen molar-refractivity contribution in [1.82, 2.24) is 24.8 Å². The summed E-state index contributed by atoms with van der Waals surface area (Å²) in [6.07, 6.45) is 6.21. The van der Waals surface area contributed by atoms with Crippen LogP contribution in [0.25, 0.3) is 0 Å². The van der Waals surface area contributed by atoms with Crippen molar-refractivity contribution in [2.24, 2.45) is 0 Å². The van der Waals surface area contributed by atoms with Crippen LogP contribution in [0.5, 0.6) is 0 Å². The summed E-state index contributed by atoms with van der Waals surface area (Å²) in [5.41, 5.74) is -0.446. The zero-order chi connectivity index (χ0) is 13.0. The van der Waals surface area contributed by atoms with E-state index in [0.717, 1.165) is 0 Å². The number of aromatic nitrogens is 4. The Kier molecular flexibility index (Phi) is 3.52. The molecule has 0 saturated heterocycles. The van der Waals surface area contributed by atoms with Crippen LogP contribution in [0.2, 0.25) is 0 Å². The number of rotatable bonds is 4. The van der Waals surface area contributed by atoms with E-state index >= 15 is 0 Å². The minimum atomic E-state index is -0.446. The highest BCUT2D eigenvalue weighted by atomic mass is 16.2. The number of aromatic amines is 1. The van der Waals surface area contributed by atoms with Gasteiger partial charge in [0.1, 0.15) is 12.4 Å². The monoisotopic (exact) mass is 247 g/mol. The average molecular weight is 247 g/mol. The second kappa shape index (κ2) is 5.26. The van der Waals surface area contributed by atoms with Gasteiger partial charge in [0.05, 0.1) is 6.04 Å². The van der Waals surface area contributed by atoms with Gasteiger partial charge in [0.25, 0.3) is 0 Å². The Morgan fingerprint density at radius 2 is 2.33 bits per heavy atom. The van der Waals surface area contributed by atoms with E-state index in [1.165, 1.54) is 17.0 Å². The molecule has 1 atom stereocenters. The molecule has 0 aliphatic heterocycles. The molecule has 1 unspecified atom stereocenters. The van der Waals surface area contributed by atoms with E-state index in [4.69, 9.17) is 0 Å². The van der Waals surface area contributed by atoms with Crippen molar-refractivity contribution < 1.29 is 4.79 Å². The van der Waals surface area contributed by atoms with E-state index in [1.54, 1.807) is 18.5 Å². The molecule has 0 aliphatic carbocycles. The van der Waals surface area contributed by atoms with Crippen molar-refractivity contribution >= 4 is 5.91 Å². The standard InChI is InChI=1S/C11H13N5O2/c1-8(10-12-4-5-13-10)15-9(17)7-16-6-2-3-14-11(16)18/h2-6,8H,7H2,1H3,(H,12,13)(H,15,17). The van der Waals surface area contributed by atoms with Crippen LogP contribution >= 0.6 is 0 Å². The van der Waals surface area contributed by atoms with Crippen molar-refractivity contribution in [2.75, 3.05) is 0 Å². The highest BCUT2D eigenvalue weighted by Gasteiger charge is 2.11. The topological polar surface area (TPSA) is 92.7 Å². The predicted molar refractivity (Wildman–Crippen MR) is 63.6 cm³/mol. The van der Waals surface area contributed by atoms with Gasteiger partial charge in [-0.2, -0.15) is 0 Å². The van der Waals surface area contributed by atoms with Gasteiger partial charge in [-0.3, -0.25) is 9.36 Å². The van der Waals surface area contributed by atoms with Gasteiger partial charge >= 0.3 is 5.69 Å². The van der Waals surface area contributed by atoms with Crippen LogP contribution in [-0.2, 0) is 11.3 Å². The Morgan fingerprint density at radius 3 is 3.00 bits per heavy atom. The molecule has 2 heterocycles. The molecular formula is C11H13N5O2. The lowest BCUT2D eigenvalue weighted by molar-refractivity contribution is -0.122. The molecule has 2 aromatic heterocycles. The molecule has 0 radical (unpaired) electrons. The molecule has 18 heavy (non-hydrogen) atoms. The summed E-state index contributed by atoms with van der Waals surface area (Å²) in [5, 5.41) is 2.74. The molecule has 2 rings (SSSR count). The number of H-pyrrole nitrogens is 1. The van der Waals surface area contributed by atoms with E-state index in [2.05, 4.69) is 20.3 Å². The number of carbonyl (C=O) groups excluding carboxylic acids is 1. The van der Waals surface area contributed by atoms with Crippen LogP contribution < -0.4 is 11.0 Å². The maximum Gasteiger partial charge on any atom is 0.347 e. The Morgan fingerprint density at radius 1 is 1.50 bits per heavy atom. The van der Waals surface area contributed by atoms with E-state index in [1.807, 2.05) is 6.92 Å². The van der Waals surface area contributed by atoms with Gasteiger partial charge in [-0.25, -0.2) is 14.8 Å². The molecule has 0 aliphatic rings. The summed E-state index contributed by atoms with van der Waals surface area (Å²) < 4.78 is 1.24. The molecular weight excluding hydrogens is 234 g/mol. The van der Waals surface area contributed by atoms with E-state index in [9.17, 15) is 9.59 Å². The molecule has 0 fully saturated rings. The fraction of sp³-hybridized carbons (Fsp3) is 0.273. The second-order valence-corrected chi connectivity index (χ2v) is 3.79. The van der Waals surface area contributed by atoms with Gasteiger partial charge in [-0.05, 0) is 13.0 Å².